The van der Waals surface area contributed by atoms with Gasteiger partial charge in [-0.2, -0.15) is 0 Å². The second-order valence-electron chi connectivity index (χ2n) is 4.91. The second kappa shape index (κ2) is 11.1. The molecule has 3 heteroatoms. The molecular formula is C18H26O3. The van der Waals surface area contributed by atoms with Crippen LogP contribution in [0.5, 0.6) is 0 Å². The summed E-state index contributed by atoms with van der Waals surface area (Å²) in [6, 6.07) is 9.76. The van der Waals surface area contributed by atoms with Gasteiger partial charge in [-0.3, -0.25) is 0 Å². The standard InChI is InChI=1S/C18H26O3/c1-3-5-6-10-13-21-18(19)17(15-20-4-2)14-16-11-8-7-9-12-16/h7-9,11-12,14H,3-6,10,13,15H2,1-2H3. The zero-order chi connectivity index (χ0) is 15.3. The Morgan fingerprint density at radius 3 is 2.52 bits per heavy atom. The number of esters is 1. The second-order valence-corrected chi connectivity index (χ2v) is 4.91. The number of hydrogen-bond acceptors (Lipinski definition) is 3. The van der Waals surface area contributed by atoms with E-state index in [0.29, 0.717) is 25.4 Å². The number of rotatable bonds is 10. The first-order valence-corrected chi connectivity index (χ1v) is 7.78. The first-order chi connectivity index (χ1) is 10.3. The van der Waals surface area contributed by atoms with Crippen molar-refractivity contribution in [3.63, 3.8) is 0 Å². The Morgan fingerprint density at radius 1 is 1.10 bits per heavy atom. The Morgan fingerprint density at radius 2 is 1.86 bits per heavy atom. The zero-order valence-corrected chi connectivity index (χ0v) is 13.1. The van der Waals surface area contributed by atoms with Crippen LogP contribution < -0.4 is 0 Å². The van der Waals surface area contributed by atoms with Gasteiger partial charge in [-0.15, -0.1) is 0 Å². The van der Waals surface area contributed by atoms with Gasteiger partial charge in [-0.1, -0.05) is 56.5 Å². The van der Waals surface area contributed by atoms with Crippen LogP contribution in [-0.4, -0.2) is 25.8 Å². The fraction of sp³-hybridized carbons (Fsp3) is 0.500. The monoisotopic (exact) mass is 290 g/mol. The quantitative estimate of drug-likeness (QED) is 0.367. The van der Waals surface area contributed by atoms with Crippen molar-refractivity contribution < 1.29 is 14.3 Å². The Bertz CT molecular complexity index is 423. The van der Waals surface area contributed by atoms with Gasteiger partial charge in [0, 0.05) is 6.61 Å². The summed E-state index contributed by atoms with van der Waals surface area (Å²) in [5.74, 6) is -0.274. The number of carbonyl (C=O) groups is 1. The molecule has 0 aliphatic rings. The van der Waals surface area contributed by atoms with Crippen LogP contribution >= 0.6 is 0 Å². The predicted octanol–water partition coefficient (Wildman–Crippen LogP) is 4.23. The molecule has 0 N–H and O–H groups in total. The zero-order valence-electron chi connectivity index (χ0n) is 13.1. The van der Waals surface area contributed by atoms with E-state index in [-0.39, 0.29) is 5.97 Å². The lowest BCUT2D eigenvalue weighted by molar-refractivity contribution is -0.139. The normalized spacial score (nSPS) is 11.4. The van der Waals surface area contributed by atoms with Gasteiger partial charge in [0.25, 0.3) is 0 Å². The molecule has 1 aromatic carbocycles. The van der Waals surface area contributed by atoms with E-state index < -0.39 is 0 Å². The number of unbranched alkanes of at least 4 members (excludes halogenated alkanes) is 3. The highest BCUT2D eigenvalue weighted by atomic mass is 16.5. The number of ether oxygens (including phenoxy) is 2. The van der Waals surface area contributed by atoms with Crippen LogP contribution in [0.2, 0.25) is 0 Å². The molecule has 0 unspecified atom stereocenters. The molecule has 0 saturated heterocycles. The molecule has 116 valence electrons. The molecule has 0 bridgehead atoms. The van der Waals surface area contributed by atoms with Crippen LogP contribution in [0.1, 0.15) is 45.1 Å². The van der Waals surface area contributed by atoms with Crippen LogP contribution in [-0.2, 0) is 14.3 Å². The van der Waals surface area contributed by atoms with Crippen molar-refractivity contribution in [1.29, 1.82) is 0 Å². The predicted molar refractivity (Wildman–Crippen MR) is 86.0 cm³/mol. The van der Waals surface area contributed by atoms with Crippen LogP contribution in [0.3, 0.4) is 0 Å². The Balaban J connectivity index is 2.56. The fourth-order valence-corrected chi connectivity index (χ4v) is 1.91. The molecule has 0 heterocycles. The van der Waals surface area contributed by atoms with Crippen LogP contribution in [0.25, 0.3) is 6.08 Å². The summed E-state index contributed by atoms with van der Waals surface area (Å²) < 4.78 is 10.7. The molecule has 1 rings (SSSR count). The SMILES string of the molecule is CCCCCCOC(=O)C(=Cc1ccccc1)COCC. The van der Waals surface area contributed by atoms with Gasteiger partial charge in [-0.05, 0) is 25.0 Å². The molecule has 1 aromatic rings. The van der Waals surface area contributed by atoms with Crippen LogP contribution in [0.15, 0.2) is 35.9 Å². The van der Waals surface area contributed by atoms with E-state index in [4.69, 9.17) is 9.47 Å². The minimum absolute atomic E-state index is 0.274. The minimum atomic E-state index is -0.274. The maximum Gasteiger partial charge on any atom is 0.336 e. The largest absolute Gasteiger partial charge is 0.462 e. The molecule has 0 aliphatic heterocycles. The molecule has 3 nitrogen and oxygen atoms in total. The Hall–Kier alpha value is -1.61. The van der Waals surface area contributed by atoms with Gasteiger partial charge in [0.15, 0.2) is 0 Å². The van der Waals surface area contributed by atoms with Crippen molar-refractivity contribution >= 4 is 12.0 Å². The third kappa shape index (κ3) is 7.66. The minimum Gasteiger partial charge on any atom is -0.462 e. The maximum atomic E-state index is 12.1. The van der Waals surface area contributed by atoms with Crippen molar-refractivity contribution in [2.75, 3.05) is 19.8 Å². The van der Waals surface area contributed by atoms with Crippen LogP contribution in [0, 0.1) is 0 Å². The summed E-state index contributed by atoms with van der Waals surface area (Å²) in [4.78, 5) is 12.1. The van der Waals surface area contributed by atoms with Gasteiger partial charge < -0.3 is 9.47 Å². The van der Waals surface area contributed by atoms with E-state index >= 15 is 0 Å². The maximum absolute atomic E-state index is 12.1. The first-order valence-electron chi connectivity index (χ1n) is 7.78. The number of carbonyl (C=O) groups excluding carboxylic acids is 1. The van der Waals surface area contributed by atoms with E-state index in [9.17, 15) is 4.79 Å². The summed E-state index contributed by atoms with van der Waals surface area (Å²) in [5.41, 5.74) is 1.55. The van der Waals surface area contributed by atoms with Crippen molar-refractivity contribution in [1.82, 2.24) is 0 Å². The highest BCUT2D eigenvalue weighted by molar-refractivity contribution is 5.94. The molecule has 0 atom stereocenters. The topological polar surface area (TPSA) is 35.5 Å². The molecule has 0 aliphatic carbocycles. The van der Waals surface area contributed by atoms with Gasteiger partial charge in [0.1, 0.15) is 0 Å². The summed E-state index contributed by atoms with van der Waals surface area (Å²) in [6.45, 7) is 5.43. The lowest BCUT2D eigenvalue weighted by Crippen LogP contribution is -2.13. The van der Waals surface area contributed by atoms with E-state index in [1.807, 2.05) is 43.3 Å². The molecule has 0 aromatic heterocycles. The van der Waals surface area contributed by atoms with Crippen LogP contribution in [0.4, 0.5) is 0 Å². The average Bonchev–Trinajstić information content (AvgIpc) is 2.52. The highest BCUT2D eigenvalue weighted by Gasteiger charge is 2.11. The molecule has 0 radical (unpaired) electrons. The van der Waals surface area contributed by atoms with Gasteiger partial charge in [0.05, 0.1) is 18.8 Å². The summed E-state index contributed by atoms with van der Waals surface area (Å²) >= 11 is 0. The van der Waals surface area contributed by atoms with E-state index in [2.05, 4.69) is 6.92 Å². The third-order valence-corrected chi connectivity index (χ3v) is 3.10. The van der Waals surface area contributed by atoms with E-state index in [1.54, 1.807) is 0 Å². The van der Waals surface area contributed by atoms with Crippen molar-refractivity contribution in [3.05, 3.63) is 41.5 Å². The molecule has 0 spiro atoms. The van der Waals surface area contributed by atoms with Gasteiger partial charge in [-0.25, -0.2) is 4.79 Å². The Kier molecular flexibility index (Phi) is 9.21. The fourth-order valence-electron chi connectivity index (χ4n) is 1.91. The van der Waals surface area contributed by atoms with E-state index in [0.717, 1.165) is 18.4 Å². The third-order valence-electron chi connectivity index (χ3n) is 3.10. The van der Waals surface area contributed by atoms with Crippen molar-refractivity contribution in [2.45, 2.75) is 39.5 Å². The Labute approximate surface area is 128 Å². The molecule has 0 saturated carbocycles. The van der Waals surface area contributed by atoms with Crippen molar-refractivity contribution in [3.8, 4) is 0 Å². The lowest BCUT2D eigenvalue weighted by atomic mass is 10.1. The first kappa shape index (κ1) is 17.4. The highest BCUT2D eigenvalue weighted by Crippen LogP contribution is 2.10. The smallest absolute Gasteiger partial charge is 0.336 e. The summed E-state index contributed by atoms with van der Waals surface area (Å²) in [7, 11) is 0. The lowest BCUT2D eigenvalue weighted by Gasteiger charge is -2.09. The van der Waals surface area contributed by atoms with Gasteiger partial charge >= 0.3 is 5.97 Å². The van der Waals surface area contributed by atoms with Gasteiger partial charge in [0.2, 0.25) is 0 Å². The van der Waals surface area contributed by atoms with Crippen molar-refractivity contribution in [2.24, 2.45) is 0 Å². The van der Waals surface area contributed by atoms with E-state index in [1.165, 1.54) is 12.8 Å². The molecule has 0 fully saturated rings. The number of hydrogen-bond donors (Lipinski definition) is 0. The molecule has 0 amide bonds. The summed E-state index contributed by atoms with van der Waals surface area (Å²) in [5, 5.41) is 0. The molecular weight excluding hydrogens is 264 g/mol. The molecule has 21 heavy (non-hydrogen) atoms. The summed E-state index contributed by atoms with van der Waals surface area (Å²) in [6.07, 6.45) is 6.23. The average molecular weight is 290 g/mol. The number of benzene rings is 1.